The predicted molar refractivity (Wildman–Crippen MR) is 59.8 cm³/mol. The van der Waals surface area contributed by atoms with Crippen LogP contribution in [0.25, 0.3) is 0 Å². The lowest BCUT2D eigenvalue weighted by Crippen LogP contribution is -2.21. The fourth-order valence-corrected chi connectivity index (χ4v) is 2.05. The van der Waals surface area contributed by atoms with Crippen LogP contribution in [0, 0.1) is 5.92 Å². The standard InChI is InChI=1S/C11H13ClN2O/c12-9-6-3-7-13-10(9)14-11(15)8-4-1-2-5-8/h3,6-8H,1-2,4-5H2,(H,13,14,15). The third-order valence-corrected chi connectivity index (χ3v) is 3.03. The molecule has 1 fully saturated rings. The van der Waals surface area contributed by atoms with Gasteiger partial charge >= 0.3 is 0 Å². The molecule has 0 bridgehead atoms. The summed E-state index contributed by atoms with van der Waals surface area (Å²) >= 11 is 5.90. The molecule has 2 rings (SSSR count). The molecular formula is C11H13ClN2O. The van der Waals surface area contributed by atoms with Crippen molar-refractivity contribution in [3.8, 4) is 0 Å². The van der Waals surface area contributed by atoms with Gasteiger partial charge in [0.05, 0.1) is 5.02 Å². The van der Waals surface area contributed by atoms with Crippen LogP contribution in [0.5, 0.6) is 0 Å². The van der Waals surface area contributed by atoms with Gasteiger partial charge in [0.1, 0.15) is 0 Å². The number of halogens is 1. The first kappa shape index (κ1) is 10.4. The lowest BCUT2D eigenvalue weighted by Gasteiger charge is -2.10. The number of hydrogen-bond acceptors (Lipinski definition) is 2. The minimum atomic E-state index is 0.0492. The highest BCUT2D eigenvalue weighted by Gasteiger charge is 2.23. The zero-order valence-corrected chi connectivity index (χ0v) is 9.13. The van der Waals surface area contributed by atoms with Crippen molar-refractivity contribution in [2.75, 3.05) is 5.32 Å². The number of aromatic nitrogens is 1. The summed E-state index contributed by atoms with van der Waals surface area (Å²) in [7, 11) is 0. The molecule has 0 saturated heterocycles. The van der Waals surface area contributed by atoms with Gasteiger partial charge in [-0.3, -0.25) is 4.79 Å². The minimum Gasteiger partial charge on any atom is -0.309 e. The Labute approximate surface area is 93.8 Å². The van der Waals surface area contributed by atoms with Crippen molar-refractivity contribution in [2.24, 2.45) is 5.92 Å². The molecule has 1 aromatic heterocycles. The summed E-state index contributed by atoms with van der Waals surface area (Å²) in [5, 5.41) is 3.26. The maximum Gasteiger partial charge on any atom is 0.228 e. The molecule has 0 unspecified atom stereocenters. The Bertz CT molecular complexity index is 361. The zero-order chi connectivity index (χ0) is 10.7. The van der Waals surface area contributed by atoms with Crippen LogP contribution in [0.1, 0.15) is 25.7 Å². The molecule has 0 aliphatic heterocycles. The smallest absolute Gasteiger partial charge is 0.228 e. The summed E-state index contributed by atoms with van der Waals surface area (Å²) in [6.45, 7) is 0. The van der Waals surface area contributed by atoms with Gasteiger partial charge in [0.25, 0.3) is 0 Å². The average Bonchev–Trinajstić information content (AvgIpc) is 2.74. The van der Waals surface area contributed by atoms with E-state index in [0.29, 0.717) is 10.8 Å². The Morgan fingerprint density at radius 3 is 2.87 bits per heavy atom. The minimum absolute atomic E-state index is 0.0492. The van der Waals surface area contributed by atoms with Gasteiger partial charge in [0.2, 0.25) is 5.91 Å². The van der Waals surface area contributed by atoms with E-state index in [1.54, 1.807) is 18.3 Å². The number of pyridine rings is 1. The summed E-state index contributed by atoms with van der Waals surface area (Å²) in [5.41, 5.74) is 0. The molecule has 0 spiro atoms. The molecule has 0 aromatic carbocycles. The highest BCUT2D eigenvalue weighted by molar-refractivity contribution is 6.33. The summed E-state index contributed by atoms with van der Waals surface area (Å²) in [6.07, 6.45) is 5.88. The first-order valence-electron chi connectivity index (χ1n) is 5.19. The van der Waals surface area contributed by atoms with Crippen LogP contribution in [0.3, 0.4) is 0 Å². The number of hydrogen-bond donors (Lipinski definition) is 1. The highest BCUT2D eigenvalue weighted by atomic mass is 35.5. The zero-order valence-electron chi connectivity index (χ0n) is 8.37. The van der Waals surface area contributed by atoms with E-state index in [2.05, 4.69) is 10.3 Å². The number of rotatable bonds is 2. The lowest BCUT2D eigenvalue weighted by molar-refractivity contribution is -0.119. The summed E-state index contributed by atoms with van der Waals surface area (Å²) in [6, 6.07) is 3.46. The van der Waals surface area contributed by atoms with E-state index in [-0.39, 0.29) is 11.8 Å². The van der Waals surface area contributed by atoms with Gasteiger partial charge in [-0.05, 0) is 25.0 Å². The maximum absolute atomic E-state index is 11.8. The molecule has 4 heteroatoms. The second-order valence-electron chi connectivity index (χ2n) is 3.80. The van der Waals surface area contributed by atoms with Crippen LogP contribution in [-0.2, 0) is 4.79 Å². The summed E-state index contributed by atoms with van der Waals surface area (Å²) < 4.78 is 0. The second-order valence-corrected chi connectivity index (χ2v) is 4.21. The van der Waals surface area contributed by atoms with Crippen molar-refractivity contribution in [2.45, 2.75) is 25.7 Å². The topological polar surface area (TPSA) is 42.0 Å². The van der Waals surface area contributed by atoms with Crippen LogP contribution >= 0.6 is 11.6 Å². The highest BCUT2D eigenvalue weighted by Crippen LogP contribution is 2.26. The lowest BCUT2D eigenvalue weighted by atomic mass is 10.1. The molecule has 15 heavy (non-hydrogen) atoms. The monoisotopic (exact) mass is 224 g/mol. The quantitative estimate of drug-likeness (QED) is 0.840. The average molecular weight is 225 g/mol. The van der Waals surface area contributed by atoms with Crippen LogP contribution in [0.2, 0.25) is 5.02 Å². The van der Waals surface area contributed by atoms with E-state index in [0.717, 1.165) is 25.7 Å². The first-order chi connectivity index (χ1) is 7.27. The third-order valence-electron chi connectivity index (χ3n) is 2.73. The molecule has 1 amide bonds. The van der Waals surface area contributed by atoms with Crippen LogP contribution in [0.4, 0.5) is 5.82 Å². The van der Waals surface area contributed by atoms with Crippen molar-refractivity contribution in [1.29, 1.82) is 0 Å². The third kappa shape index (κ3) is 2.48. The van der Waals surface area contributed by atoms with Gasteiger partial charge in [0.15, 0.2) is 5.82 Å². The Kier molecular flexibility index (Phi) is 3.21. The molecule has 0 radical (unpaired) electrons. The normalized spacial score (nSPS) is 16.6. The summed E-state index contributed by atoms with van der Waals surface area (Å²) in [5.74, 6) is 0.659. The van der Waals surface area contributed by atoms with Crippen LogP contribution < -0.4 is 5.32 Å². The van der Waals surface area contributed by atoms with Gasteiger partial charge in [-0.1, -0.05) is 24.4 Å². The van der Waals surface area contributed by atoms with Crippen LogP contribution in [-0.4, -0.2) is 10.9 Å². The molecule has 1 aliphatic carbocycles. The van der Waals surface area contributed by atoms with Crippen LogP contribution in [0.15, 0.2) is 18.3 Å². The Balaban J connectivity index is 2.02. The van der Waals surface area contributed by atoms with Gasteiger partial charge < -0.3 is 5.32 Å². The van der Waals surface area contributed by atoms with Crippen molar-refractivity contribution in [1.82, 2.24) is 4.98 Å². The number of nitrogens with one attached hydrogen (secondary N) is 1. The van der Waals surface area contributed by atoms with Gasteiger partial charge in [-0.25, -0.2) is 4.98 Å². The SMILES string of the molecule is O=C(Nc1ncccc1Cl)C1CCCC1. The van der Waals surface area contributed by atoms with Crippen molar-refractivity contribution >= 4 is 23.3 Å². The number of anilines is 1. The van der Waals surface area contributed by atoms with Gasteiger partial charge in [0, 0.05) is 12.1 Å². The molecule has 1 heterocycles. The number of carbonyl (C=O) groups is 1. The van der Waals surface area contributed by atoms with Gasteiger partial charge in [-0.2, -0.15) is 0 Å². The van der Waals surface area contributed by atoms with E-state index in [9.17, 15) is 4.79 Å². The number of nitrogens with zero attached hydrogens (tertiary/aromatic N) is 1. The molecular weight excluding hydrogens is 212 g/mol. The van der Waals surface area contributed by atoms with Gasteiger partial charge in [-0.15, -0.1) is 0 Å². The Hall–Kier alpha value is -1.09. The Morgan fingerprint density at radius 2 is 2.20 bits per heavy atom. The molecule has 1 aromatic rings. The van der Waals surface area contributed by atoms with Crippen molar-refractivity contribution < 1.29 is 4.79 Å². The molecule has 80 valence electrons. The molecule has 3 nitrogen and oxygen atoms in total. The van der Waals surface area contributed by atoms with E-state index < -0.39 is 0 Å². The van der Waals surface area contributed by atoms with E-state index >= 15 is 0 Å². The van der Waals surface area contributed by atoms with E-state index in [4.69, 9.17) is 11.6 Å². The van der Waals surface area contributed by atoms with Crippen molar-refractivity contribution in [3.63, 3.8) is 0 Å². The maximum atomic E-state index is 11.8. The molecule has 1 aliphatic rings. The fraction of sp³-hybridized carbons (Fsp3) is 0.455. The van der Waals surface area contributed by atoms with E-state index in [1.165, 1.54) is 0 Å². The Morgan fingerprint density at radius 1 is 1.47 bits per heavy atom. The van der Waals surface area contributed by atoms with Crippen molar-refractivity contribution in [3.05, 3.63) is 23.4 Å². The van der Waals surface area contributed by atoms with E-state index in [1.807, 2.05) is 0 Å². The second kappa shape index (κ2) is 4.62. The predicted octanol–water partition coefficient (Wildman–Crippen LogP) is 2.86. The molecule has 1 saturated carbocycles. The molecule has 1 N–H and O–H groups in total. The number of amides is 1. The largest absolute Gasteiger partial charge is 0.309 e. The number of carbonyl (C=O) groups excluding carboxylic acids is 1. The molecule has 0 atom stereocenters. The fourth-order valence-electron chi connectivity index (χ4n) is 1.88. The first-order valence-corrected chi connectivity index (χ1v) is 5.56. The summed E-state index contributed by atoms with van der Waals surface area (Å²) in [4.78, 5) is 15.8.